The lowest BCUT2D eigenvalue weighted by Gasteiger charge is -2.13. The average Bonchev–Trinajstić information content (AvgIpc) is 2.55. The van der Waals surface area contributed by atoms with Gasteiger partial charge in [0, 0.05) is 11.4 Å². The molecule has 6 heteroatoms. The fourth-order valence-corrected chi connectivity index (χ4v) is 2.47. The number of amides is 2. The summed E-state index contributed by atoms with van der Waals surface area (Å²) in [5.41, 5.74) is 6.00. The summed E-state index contributed by atoms with van der Waals surface area (Å²) in [5.74, 6) is -0.756. The number of halogens is 2. The SMILES string of the molecule is C[C@@H](CC(=O)NNC(=O)c1cc(Cl)ccc1Cl)c1ccccc1. The minimum Gasteiger partial charge on any atom is -0.273 e. The summed E-state index contributed by atoms with van der Waals surface area (Å²) in [6, 6.07) is 14.2. The van der Waals surface area contributed by atoms with Crippen molar-refractivity contribution in [3.05, 3.63) is 69.7 Å². The Hall–Kier alpha value is -2.04. The van der Waals surface area contributed by atoms with E-state index in [2.05, 4.69) is 10.9 Å². The van der Waals surface area contributed by atoms with E-state index in [0.717, 1.165) is 5.56 Å². The molecule has 0 aliphatic carbocycles. The van der Waals surface area contributed by atoms with Gasteiger partial charge in [0.1, 0.15) is 0 Å². The third-order valence-electron chi connectivity index (χ3n) is 3.35. The number of hydrogen-bond acceptors (Lipinski definition) is 2. The quantitative estimate of drug-likeness (QED) is 0.820. The molecule has 0 unspecified atom stereocenters. The maximum Gasteiger partial charge on any atom is 0.271 e. The minimum atomic E-state index is -0.516. The Bertz CT molecular complexity index is 705. The van der Waals surface area contributed by atoms with E-state index >= 15 is 0 Å². The summed E-state index contributed by atoms with van der Waals surface area (Å²) in [4.78, 5) is 23.9. The van der Waals surface area contributed by atoms with Crippen molar-refractivity contribution < 1.29 is 9.59 Å². The largest absolute Gasteiger partial charge is 0.273 e. The van der Waals surface area contributed by atoms with Crippen LogP contribution in [0.4, 0.5) is 0 Å². The van der Waals surface area contributed by atoms with Crippen LogP contribution in [0.1, 0.15) is 35.2 Å². The Labute approximate surface area is 144 Å². The molecule has 0 saturated heterocycles. The fourth-order valence-electron chi connectivity index (χ4n) is 2.09. The molecule has 0 heterocycles. The van der Waals surface area contributed by atoms with Crippen LogP contribution in [0.25, 0.3) is 0 Å². The molecule has 0 bridgehead atoms. The van der Waals surface area contributed by atoms with E-state index in [1.54, 1.807) is 6.07 Å². The van der Waals surface area contributed by atoms with Crippen LogP contribution in [0.5, 0.6) is 0 Å². The Morgan fingerprint density at radius 2 is 1.74 bits per heavy atom. The molecular formula is C17H16Cl2N2O2. The van der Waals surface area contributed by atoms with Gasteiger partial charge in [-0.2, -0.15) is 0 Å². The Morgan fingerprint density at radius 1 is 1.04 bits per heavy atom. The molecule has 2 aromatic carbocycles. The van der Waals surface area contributed by atoms with Crippen LogP contribution in [0.15, 0.2) is 48.5 Å². The summed E-state index contributed by atoms with van der Waals surface area (Å²) < 4.78 is 0. The standard InChI is InChI=1S/C17H16Cl2N2O2/c1-11(12-5-3-2-4-6-12)9-16(22)20-21-17(23)14-10-13(18)7-8-15(14)19/h2-8,10-11H,9H2,1H3,(H,20,22)(H,21,23)/t11-/m0/s1. The first-order chi connectivity index (χ1) is 11.0. The van der Waals surface area contributed by atoms with Crippen molar-refractivity contribution in [3.63, 3.8) is 0 Å². The molecule has 0 aromatic heterocycles. The average molecular weight is 351 g/mol. The highest BCUT2D eigenvalue weighted by atomic mass is 35.5. The highest BCUT2D eigenvalue weighted by Crippen LogP contribution is 2.20. The van der Waals surface area contributed by atoms with Crippen LogP contribution in [0.2, 0.25) is 10.0 Å². The normalized spacial score (nSPS) is 11.6. The van der Waals surface area contributed by atoms with Gasteiger partial charge >= 0.3 is 0 Å². The first kappa shape index (κ1) is 17.3. The van der Waals surface area contributed by atoms with Gasteiger partial charge in [0.25, 0.3) is 5.91 Å². The monoisotopic (exact) mass is 350 g/mol. The van der Waals surface area contributed by atoms with Gasteiger partial charge in [0.15, 0.2) is 0 Å². The number of rotatable bonds is 4. The van der Waals surface area contributed by atoms with E-state index in [1.165, 1.54) is 12.1 Å². The molecule has 0 spiro atoms. The summed E-state index contributed by atoms with van der Waals surface area (Å²) in [6.07, 6.45) is 0.258. The van der Waals surface area contributed by atoms with Gasteiger partial charge < -0.3 is 0 Å². The summed E-state index contributed by atoms with van der Waals surface area (Å²) in [6.45, 7) is 1.95. The van der Waals surface area contributed by atoms with Crippen molar-refractivity contribution in [1.29, 1.82) is 0 Å². The molecule has 2 amide bonds. The van der Waals surface area contributed by atoms with Crippen molar-refractivity contribution in [2.45, 2.75) is 19.3 Å². The number of carbonyl (C=O) groups is 2. The molecule has 0 saturated carbocycles. The third-order valence-corrected chi connectivity index (χ3v) is 3.91. The second-order valence-electron chi connectivity index (χ2n) is 5.14. The van der Waals surface area contributed by atoms with Crippen LogP contribution in [0, 0.1) is 0 Å². The van der Waals surface area contributed by atoms with E-state index in [4.69, 9.17) is 23.2 Å². The number of hydrazine groups is 1. The van der Waals surface area contributed by atoms with Crippen LogP contribution in [0.3, 0.4) is 0 Å². The van der Waals surface area contributed by atoms with Crippen molar-refractivity contribution in [1.82, 2.24) is 10.9 Å². The minimum absolute atomic E-state index is 0.0443. The zero-order valence-electron chi connectivity index (χ0n) is 12.5. The lowest BCUT2D eigenvalue weighted by molar-refractivity contribution is -0.122. The van der Waals surface area contributed by atoms with Gasteiger partial charge in [-0.25, -0.2) is 0 Å². The molecule has 2 aromatic rings. The van der Waals surface area contributed by atoms with E-state index in [1.807, 2.05) is 37.3 Å². The highest BCUT2D eigenvalue weighted by Gasteiger charge is 2.14. The number of nitrogens with one attached hydrogen (secondary N) is 2. The van der Waals surface area contributed by atoms with Crippen LogP contribution >= 0.6 is 23.2 Å². The summed E-state index contributed by atoms with van der Waals surface area (Å²) in [7, 11) is 0. The molecule has 120 valence electrons. The van der Waals surface area contributed by atoms with Gasteiger partial charge in [0.2, 0.25) is 5.91 Å². The van der Waals surface area contributed by atoms with Crippen LogP contribution in [-0.4, -0.2) is 11.8 Å². The third kappa shape index (κ3) is 4.98. The Kier molecular flexibility index (Phi) is 6.02. The molecule has 23 heavy (non-hydrogen) atoms. The lowest BCUT2D eigenvalue weighted by atomic mass is 9.98. The highest BCUT2D eigenvalue weighted by molar-refractivity contribution is 6.35. The smallest absolute Gasteiger partial charge is 0.271 e. The number of carbonyl (C=O) groups excluding carboxylic acids is 2. The fraction of sp³-hybridized carbons (Fsp3) is 0.176. The Morgan fingerprint density at radius 3 is 2.43 bits per heavy atom. The van der Waals surface area contributed by atoms with Crippen molar-refractivity contribution >= 4 is 35.0 Å². The first-order valence-electron chi connectivity index (χ1n) is 7.06. The predicted octanol–water partition coefficient (Wildman–Crippen LogP) is 3.95. The van der Waals surface area contributed by atoms with Crippen molar-refractivity contribution in [2.24, 2.45) is 0 Å². The van der Waals surface area contributed by atoms with E-state index in [9.17, 15) is 9.59 Å². The first-order valence-corrected chi connectivity index (χ1v) is 7.82. The molecule has 2 rings (SSSR count). The number of hydrogen-bond donors (Lipinski definition) is 2. The Balaban J connectivity index is 1.89. The molecule has 0 aliphatic heterocycles. The van der Waals surface area contributed by atoms with Gasteiger partial charge in [-0.1, -0.05) is 60.5 Å². The van der Waals surface area contributed by atoms with Crippen LogP contribution in [-0.2, 0) is 4.79 Å². The lowest BCUT2D eigenvalue weighted by Crippen LogP contribution is -2.42. The van der Waals surface area contributed by atoms with E-state index in [0.29, 0.717) is 5.02 Å². The molecular weight excluding hydrogens is 335 g/mol. The maximum absolute atomic E-state index is 12.0. The summed E-state index contributed by atoms with van der Waals surface area (Å²) >= 11 is 11.8. The molecule has 4 nitrogen and oxygen atoms in total. The predicted molar refractivity (Wildman–Crippen MR) is 91.5 cm³/mol. The van der Waals surface area contributed by atoms with Crippen LogP contribution < -0.4 is 10.9 Å². The molecule has 0 aliphatic rings. The van der Waals surface area contributed by atoms with Crippen molar-refractivity contribution in [2.75, 3.05) is 0 Å². The van der Waals surface area contributed by atoms with Crippen molar-refractivity contribution in [3.8, 4) is 0 Å². The van der Waals surface area contributed by atoms with Gasteiger partial charge in [-0.05, 0) is 29.7 Å². The topological polar surface area (TPSA) is 58.2 Å². The zero-order chi connectivity index (χ0) is 16.8. The molecule has 0 radical (unpaired) electrons. The second kappa shape index (κ2) is 7.99. The molecule has 0 fully saturated rings. The summed E-state index contributed by atoms with van der Waals surface area (Å²) in [5, 5.41) is 0.655. The van der Waals surface area contributed by atoms with E-state index in [-0.39, 0.29) is 28.8 Å². The van der Waals surface area contributed by atoms with E-state index < -0.39 is 5.91 Å². The van der Waals surface area contributed by atoms with Gasteiger partial charge in [-0.15, -0.1) is 0 Å². The number of benzene rings is 2. The van der Waals surface area contributed by atoms with Gasteiger partial charge in [0.05, 0.1) is 10.6 Å². The maximum atomic E-state index is 12.0. The zero-order valence-corrected chi connectivity index (χ0v) is 14.0. The molecule has 1 atom stereocenters. The molecule has 2 N–H and O–H groups in total. The second-order valence-corrected chi connectivity index (χ2v) is 5.99. The van der Waals surface area contributed by atoms with Gasteiger partial charge in [-0.3, -0.25) is 20.4 Å².